The van der Waals surface area contributed by atoms with E-state index in [9.17, 15) is 0 Å². The Bertz CT molecular complexity index is 668. The highest BCUT2D eigenvalue weighted by molar-refractivity contribution is 5.92. The lowest BCUT2D eigenvalue weighted by Gasteiger charge is -2.10. The average molecular weight is 354 g/mol. The quantitative estimate of drug-likeness (QED) is 0.373. The molecule has 0 aromatic heterocycles. The van der Waals surface area contributed by atoms with Crippen LogP contribution in [0, 0.1) is 0 Å². The van der Waals surface area contributed by atoms with Crippen LogP contribution in [0.25, 0.3) is 0 Å². The van der Waals surface area contributed by atoms with Crippen molar-refractivity contribution in [2.45, 2.75) is 39.0 Å². The molecule has 0 aliphatic rings. The fraction of sp³-hybridized carbons (Fsp3) is 0.409. The Morgan fingerprint density at radius 2 is 1.85 bits per heavy atom. The maximum absolute atomic E-state index is 5.97. The molecule has 0 aliphatic carbocycles. The van der Waals surface area contributed by atoms with Crippen molar-refractivity contribution in [2.75, 3.05) is 25.1 Å². The number of guanidine groups is 1. The summed E-state index contributed by atoms with van der Waals surface area (Å²) in [5.74, 6) is 0.965. The molecule has 140 valence electrons. The Morgan fingerprint density at radius 3 is 2.62 bits per heavy atom. The van der Waals surface area contributed by atoms with Gasteiger partial charge in [0, 0.05) is 18.8 Å². The van der Waals surface area contributed by atoms with Crippen molar-refractivity contribution in [3.05, 3.63) is 65.7 Å². The summed E-state index contributed by atoms with van der Waals surface area (Å²) >= 11 is 0. The van der Waals surface area contributed by atoms with Crippen molar-refractivity contribution in [1.82, 2.24) is 0 Å². The number of ether oxygens (including phenoxy) is 1. The zero-order chi connectivity index (χ0) is 18.6. The van der Waals surface area contributed by atoms with E-state index in [2.05, 4.69) is 60.6 Å². The smallest absolute Gasteiger partial charge is 0.193 e. The van der Waals surface area contributed by atoms with Crippen LogP contribution in [0.3, 0.4) is 0 Å². The zero-order valence-corrected chi connectivity index (χ0v) is 15.9. The molecule has 0 saturated heterocycles. The highest BCUT2D eigenvalue weighted by Crippen LogP contribution is 2.18. The Balaban J connectivity index is 1.57. The number of nitrogens with two attached hydrogens (primary N) is 1. The van der Waals surface area contributed by atoms with Crippen LogP contribution < -0.4 is 11.1 Å². The first-order valence-electron chi connectivity index (χ1n) is 9.43. The molecule has 2 aromatic rings. The van der Waals surface area contributed by atoms with Crippen LogP contribution in [0.1, 0.15) is 43.7 Å². The number of hydrogen-bond acceptors (Lipinski definition) is 2. The third kappa shape index (κ3) is 7.70. The Hall–Kier alpha value is -2.33. The zero-order valence-electron chi connectivity index (χ0n) is 15.9. The van der Waals surface area contributed by atoms with Crippen LogP contribution >= 0.6 is 0 Å². The number of nitrogens with zero attached hydrogens (tertiary/aromatic N) is 1. The van der Waals surface area contributed by atoms with Crippen molar-refractivity contribution >= 4 is 11.6 Å². The van der Waals surface area contributed by atoms with E-state index in [4.69, 9.17) is 10.5 Å². The molecule has 0 fully saturated rings. The fourth-order valence-electron chi connectivity index (χ4n) is 2.62. The minimum Gasteiger partial charge on any atom is -0.381 e. The molecule has 2 aromatic carbocycles. The summed E-state index contributed by atoms with van der Waals surface area (Å²) in [6.07, 6.45) is 2.93. The third-order valence-electron chi connectivity index (χ3n) is 4.18. The molecule has 0 bridgehead atoms. The molecule has 0 atom stereocenters. The van der Waals surface area contributed by atoms with Gasteiger partial charge >= 0.3 is 0 Å². The lowest BCUT2D eigenvalue weighted by Crippen LogP contribution is -2.23. The molecule has 0 spiro atoms. The van der Waals surface area contributed by atoms with Crippen LogP contribution in [-0.2, 0) is 11.2 Å². The van der Waals surface area contributed by atoms with Crippen molar-refractivity contribution in [3.8, 4) is 0 Å². The van der Waals surface area contributed by atoms with E-state index in [-0.39, 0.29) is 0 Å². The molecule has 26 heavy (non-hydrogen) atoms. The first kappa shape index (κ1) is 20.0. The predicted octanol–water partition coefficient (Wildman–Crippen LogP) is 4.58. The molecule has 4 nitrogen and oxygen atoms in total. The maximum atomic E-state index is 5.97. The summed E-state index contributed by atoms with van der Waals surface area (Å²) in [5, 5.41) is 3.16. The fourth-order valence-corrected chi connectivity index (χ4v) is 2.62. The topological polar surface area (TPSA) is 59.6 Å². The standard InChI is InChI=1S/C22H31N3O/c1-18(2)20-11-8-12-21(17-20)25-22(23)24-14-6-7-15-26-16-13-19-9-4-3-5-10-19/h3-5,8-12,17-18H,6-7,13-16H2,1-2H3,(H3,23,24,25). The summed E-state index contributed by atoms with van der Waals surface area (Å²) in [6.45, 7) is 6.61. The number of aliphatic imine (C=N–C) groups is 1. The van der Waals surface area contributed by atoms with E-state index < -0.39 is 0 Å². The first-order valence-corrected chi connectivity index (χ1v) is 9.43. The van der Waals surface area contributed by atoms with Crippen molar-refractivity contribution in [2.24, 2.45) is 10.7 Å². The van der Waals surface area contributed by atoms with Crippen molar-refractivity contribution < 1.29 is 4.74 Å². The minimum atomic E-state index is 0.468. The van der Waals surface area contributed by atoms with Gasteiger partial charge < -0.3 is 15.8 Å². The number of hydrogen-bond donors (Lipinski definition) is 2. The summed E-state index contributed by atoms with van der Waals surface area (Å²) in [6, 6.07) is 18.7. The third-order valence-corrected chi connectivity index (χ3v) is 4.18. The molecular weight excluding hydrogens is 322 g/mol. The Morgan fingerprint density at radius 1 is 1.04 bits per heavy atom. The molecule has 2 rings (SSSR count). The predicted molar refractivity (Wildman–Crippen MR) is 111 cm³/mol. The van der Waals surface area contributed by atoms with Crippen LogP contribution in [0.2, 0.25) is 0 Å². The second kappa shape index (κ2) is 11.3. The number of unbranched alkanes of at least 4 members (excludes halogenated alkanes) is 1. The van der Waals surface area contributed by atoms with Gasteiger partial charge in [0.05, 0.1) is 6.61 Å². The van der Waals surface area contributed by atoms with Crippen molar-refractivity contribution in [3.63, 3.8) is 0 Å². The summed E-state index contributed by atoms with van der Waals surface area (Å²) in [5.41, 5.74) is 9.56. The van der Waals surface area contributed by atoms with Crippen LogP contribution in [0.5, 0.6) is 0 Å². The van der Waals surface area contributed by atoms with Gasteiger partial charge in [0.2, 0.25) is 0 Å². The van der Waals surface area contributed by atoms with Gasteiger partial charge in [-0.1, -0.05) is 56.3 Å². The van der Waals surface area contributed by atoms with Crippen LogP contribution in [0.15, 0.2) is 59.6 Å². The van der Waals surface area contributed by atoms with E-state index in [0.29, 0.717) is 18.4 Å². The Kier molecular flexibility index (Phi) is 8.70. The van der Waals surface area contributed by atoms with E-state index in [1.165, 1.54) is 11.1 Å². The van der Waals surface area contributed by atoms with Gasteiger partial charge in [-0.05, 0) is 48.4 Å². The van der Waals surface area contributed by atoms with Gasteiger partial charge in [-0.15, -0.1) is 0 Å². The van der Waals surface area contributed by atoms with Gasteiger partial charge in [0.25, 0.3) is 0 Å². The lowest BCUT2D eigenvalue weighted by atomic mass is 10.0. The molecule has 0 amide bonds. The first-order chi connectivity index (χ1) is 12.6. The molecule has 0 heterocycles. The van der Waals surface area contributed by atoms with E-state index in [1.54, 1.807) is 0 Å². The van der Waals surface area contributed by atoms with E-state index >= 15 is 0 Å². The van der Waals surface area contributed by atoms with Gasteiger partial charge in [-0.2, -0.15) is 0 Å². The number of anilines is 1. The van der Waals surface area contributed by atoms with Gasteiger partial charge in [0.1, 0.15) is 0 Å². The summed E-state index contributed by atoms with van der Waals surface area (Å²) in [7, 11) is 0. The molecule has 0 saturated carbocycles. The lowest BCUT2D eigenvalue weighted by molar-refractivity contribution is 0.134. The monoisotopic (exact) mass is 353 g/mol. The highest BCUT2D eigenvalue weighted by atomic mass is 16.5. The molecule has 4 heteroatoms. The van der Waals surface area contributed by atoms with Gasteiger partial charge in [-0.25, -0.2) is 0 Å². The Labute approximate surface area is 157 Å². The van der Waals surface area contributed by atoms with Crippen LogP contribution in [0.4, 0.5) is 5.69 Å². The van der Waals surface area contributed by atoms with E-state index in [1.807, 2.05) is 18.2 Å². The summed E-state index contributed by atoms with van der Waals surface area (Å²) < 4.78 is 5.68. The van der Waals surface area contributed by atoms with Crippen molar-refractivity contribution in [1.29, 1.82) is 0 Å². The number of rotatable bonds is 10. The highest BCUT2D eigenvalue weighted by Gasteiger charge is 2.01. The molecule has 0 radical (unpaired) electrons. The average Bonchev–Trinajstić information content (AvgIpc) is 2.65. The molecule has 0 aliphatic heterocycles. The second-order valence-corrected chi connectivity index (χ2v) is 6.73. The molecule has 0 unspecified atom stereocenters. The van der Waals surface area contributed by atoms with Crippen LogP contribution in [-0.4, -0.2) is 25.7 Å². The van der Waals surface area contributed by atoms with E-state index in [0.717, 1.165) is 38.2 Å². The summed E-state index contributed by atoms with van der Waals surface area (Å²) in [4.78, 5) is 4.39. The number of nitrogens with one attached hydrogen (secondary N) is 1. The second-order valence-electron chi connectivity index (χ2n) is 6.73. The van der Waals surface area contributed by atoms with Gasteiger partial charge in [0.15, 0.2) is 5.96 Å². The maximum Gasteiger partial charge on any atom is 0.193 e. The number of benzene rings is 2. The molecular formula is C22H31N3O. The van der Waals surface area contributed by atoms with Gasteiger partial charge in [-0.3, -0.25) is 4.99 Å². The molecule has 3 N–H and O–H groups in total. The SMILES string of the molecule is CC(C)c1cccc(NC(N)=NCCCCOCCc2ccccc2)c1. The largest absolute Gasteiger partial charge is 0.381 e. The minimum absolute atomic E-state index is 0.468. The normalized spacial score (nSPS) is 11.7.